The van der Waals surface area contributed by atoms with Crippen LogP contribution in [0.5, 0.6) is 17.5 Å². The second-order valence-corrected chi connectivity index (χ2v) is 9.12. The number of nitrogens with zero attached hydrogens (tertiary/aromatic N) is 5. The smallest absolute Gasteiger partial charge is 0.336 e. The molecule has 9 heteroatoms. The van der Waals surface area contributed by atoms with Gasteiger partial charge >= 0.3 is 6.01 Å². The highest BCUT2D eigenvalue weighted by Crippen LogP contribution is 2.28. The number of aromatic nitrogens is 4. The molecule has 35 heavy (non-hydrogen) atoms. The number of benzene rings is 2. The van der Waals surface area contributed by atoms with Gasteiger partial charge in [-0.05, 0) is 64.7 Å². The number of methoxy groups -OCH3 is 2. The van der Waals surface area contributed by atoms with Crippen LogP contribution in [0.25, 0.3) is 5.65 Å². The van der Waals surface area contributed by atoms with Crippen molar-refractivity contribution in [1.29, 1.82) is 0 Å². The normalized spacial score (nSPS) is 11.9. The summed E-state index contributed by atoms with van der Waals surface area (Å²) < 4.78 is 19.2. The van der Waals surface area contributed by atoms with E-state index in [0.717, 1.165) is 40.1 Å². The fraction of sp³-hybridized carbons (Fsp3) is 0.346. The van der Waals surface area contributed by atoms with Gasteiger partial charge in [0.1, 0.15) is 16.1 Å². The van der Waals surface area contributed by atoms with E-state index in [-0.39, 0.29) is 6.10 Å². The molecule has 0 radical (unpaired) electrons. The summed E-state index contributed by atoms with van der Waals surface area (Å²) in [6, 6.07) is 16.4. The first kappa shape index (κ1) is 24.8. The summed E-state index contributed by atoms with van der Waals surface area (Å²) in [6.45, 7) is 5.38. The summed E-state index contributed by atoms with van der Waals surface area (Å²) in [5.74, 6) is 2.33. The van der Waals surface area contributed by atoms with Gasteiger partial charge < -0.3 is 19.1 Å². The van der Waals surface area contributed by atoms with Crippen molar-refractivity contribution < 1.29 is 14.2 Å². The zero-order valence-corrected chi connectivity index (χ0v) is 22.0. The lowest BCUT2D eigenvalue weighted by atomic mass is 10.1. The standard InChI is InChI=1S/C26H30BrN5O3/c1-5-6-18(2)35-26-29-25(24-28-15-23(27)32(24)30-26)31(16-19-7-11-21(33-3)12-8-19)17-20-9-13-22(34-4)14-10-20/h7-15,18H,5-6,16-17H2,1-4H3/t18-/m0/s1. The third kappa shape index (κ3) is 6.03. The van der Waals surface area contributed by atoms with E-state index in [4.69, 9.17) is 19.2 Å². The van der Waals surface area contributed by atoms with Crippen LogP contribution in [-0.2, 0) is 13.1 Å². The van der Waals surface area contributed by atoms with Crippen molar-refractivity contribution >= 4 is 27.4 Å². The Morgan fingerprint density at radius 3 is 2.03 bits per heavy atom. The van der Waals surface area contributed by atoms with Crippen LogP contribution >= 0.6 is 15.9 Å². The second-order valence-electron chi connectivity index (χ2n) is 8.30. The predicted octanol–water partition coefficient (Wildman–Crippen LogP) is 5.68. The molecule has 1 atom stereocenters. The molecular formula is C26H30BrN5O3. The van der Waals surface area contributed by atoms with E-state index >= 15 is 0 Å². The van der Waals surface area contributed by atoms with Crippen LogP contribution in [0.4, 0.5) is 5.82 Å². The van der Waals surface area contributed by atoms with Gasteiger partial charge in [-0.25, -0.2) is 4.98 Å². The number of anilines is 1. The van der Waals surface area contributed by atoms with E-state index in [1.165, 1.54) is 0 Å². The SMILES string of the molecule is CCC[C@H](C)Oc1nc(N(Cc2ccc(OC)cc2)Cc2ccc(OC)cc2)c2ncc(Br)n2n1. The lowest BCUT2D eigenvalue weighted by Gasteiger charge is -2.25. The van der Waals surface area contributed by atoms with Gasteiger partial charge in [-0.1, -0.05) is 37.6 Å². The van der Waals surface area contributed by atoms with E-state index in [9.17, 15) is 0 Å². The number of hydrogen-bond acceptors (Lipinski definition) is 7. The molecule has 0 aliphatic carbocycles. The molecule has 0 bridgehead atoms. The number of hydrogen-bond donors (Lipinski definition) is 0. The number of rotatable bonds is 11. The lowest BCUT2D eigenvalue weighted by Crippen LogP contribution is -2.25. The summed E-state index contributed by atoms with van der Waals surface area (Å²) in [6.07, 6.45) is 3.67. The summed E-state index contributed by atoms with van der Waals surface area (Å²) in [5, 5.41) is 4.57. The lowest BCUT2D eigenvalue weighted by molar-refractivity contribution is 0.189. The highest BCUT2D eigenvalue weighted by Gasteiger charge is 2.20. The third-order valence-electron chi connectivity index (χ3n) is 5.65. The first-order valence-electron chi connectivity index (χ1n) is 11.6. The number of fused-ring (bicyclic) bond motifs is 1. The Hall–Kier alpha value is -3.33. The Labute approximate surface area is 214 Å². The maximum absolute atomic E-state index is 6.09. The van der Waals surface area contributed by atoms with Crippen LogP contribution in [0.3, 0.4) is 0 Å². The van der Waals surface area contributed by atoms with E-state index < -0.39 is 0 Å². The Balaban J connectivity index is 1.75. The molecule has 2 heterocycles. The van der Waals surface area contributed by atoms with Crippen LogP contribution in [0, 0.1) is 0 Å². The molecule has 0 unspecified atom stereocenters. The van der Waals surface area contributed by atoms with Crippen molar-refractivity contribution in [3.05, 3.63) is 70.5 Å². The Bertz CT molecular complexity index is 1200. The molecule has 0 saturated carbocycles. The van der Waals surface area contributed by atoms with Gasteiger partial charge in [0.25, 0.3) is 0 Å². The van der Waals surface area contributed by atoms with Crippen molar-refractivity contribution in [3.63, 3.8) is 0 Å². The minimum atomic E-state index is 0.00391. The van der Waals surface area contributed by atoms with E-state index in [1.54, 1.807) is 24.9 Å². The summed E-state index contributed by atoms with van der Waals surface area (Å²) in [4.78, 5) is 11.6. The first-order valence-corrected chi connectivity index (χ1v) is 12.4. The third-order valence-corrected chi connectivity index (χ3v) is 6.19. The summed E-state index contributed by atoms with van der Waals surface area (Å²) in [7, 11) is 3.33. The molecule has 2 aromatic heterocycles. The fourth-order valence-corrected chi connectivity index (χ4v) is 4.19. The van der Waals surface area contributed by atoms with Crippen molar-refractivity contribution in [2.24, 2.45) is 0 Å². The highest BCUT2D eigenvalue weighted by molar-refractivity contribution is 9.10. The van der Waals surface area contributed by atoms with Crippen molar-refractivity contribution in [1.82, 2.24) is 19.6 Å². The number of ether oxygens (including phenoxy) is 3. The molecular weight excluding hydrogens is 510 g/mol. The molecule has 0 aliphatic rings. The Morgan fingerprint density at radius 2 is 1.51 bits per heavy atom. The zero-order valence-electron chi connectivity index (χ0n) is 20.4. The van der Waals surface area contributed by atoms with Crippen LogP contribution in [0.15, 0.2) is 59.3 Å². The molecule has 0 fully saturated rings. The zero-order chi connectivity index (χ0) is 24.8. The molecule has 184 valence electrons. The van der Waals surface area contributed by atoms with Crippen LogP contribution < -0.4 is 19.1 Å². The van der Waals surface area contributed by atoms with Gasteiger partial charge in [-0.15, -0.1) is 5.10 Å². The summed E-state index contributed by atoms with van der Waals surface area (Å²) in [5.41, 5.74) is 2.88. The fourth-order valence-electron chi connectivity index (χ4n) is 3.84. The molecule has 4 rings (SSSR count). The first-order chi connectivity index (χ1) is 17.0. The van der Waals surface area contributed by atoms with Gasteiger partial charge in [-0.3, -0.25) is 0 Å². The number of halogens is 1. The van der Waals surface area contributed by atoms with Crippen LogP contribution in [0.2, 0.25) is 0 Å². The van der Waals surface area contributed by atoms with E-state index in [1.807, 2.05) is 31.2 Å². The Morgan fingerprint density at radius 1 is 0.943 bits per heavy atom. The van der Waals surface area contributed by atoms with E-state index in [2.05, 4.69) is 62.1 Å². The van der Waals surface area contributed by atoms with Gasteiger partial charge in [0.15, 0.2) is 11.5 Å². The minimum Gasteiger partial charge on any atom is -0.497 e. The second kappa shape index (κ2) is 11.4. The largest absolute Gasteiger partial charge is 0.497 e. The average molecular weight is 540 g/mol. The molecule has 2 aromatic carbocycles. The van der Waals surface area contributed by atoms with Crippen LogP contribution in [0.1, 0.15) is 37.8 Å². The topological polar surface area (TPSA) is 74.0 Å². The maximum Gasteiger partial charge on any atom is 0.336 e. The quantitative estimate of drug-likeness (QED) is 0.242. The average Bonchev–Trinajstić information content (AvgIpc) is 3.24. The molecule has 0 spiro atoms. The van der Waals surface area contributed by atoms with Gasteiger partial charge in [0.2, 0.25) is 0 Å². The number of imidazole rings is 1. The summed E-state index contributed by atoms with van der Waals surface area (Å²) >= 11 is 3.56. The van der Waals surface area contributed by atoms with Crippen molar-refractivity contribution in [2.75, 3.05) is 19.1 Å². The molecule has 8 nitrogen and oxygen atoms in total. The van der Waals surface area contributed by atoms with Crippen molar-refractivity contribution in [2.45, 2.75) is 45.9 Å². The monoisotopic (exact) mass is 539 g/mol. The Kier molecular flexibility index (Phi) is 8.07. The molecule has 0 N–H and O–H groups in total. The van der Waals surface area contributed by atoms with E-state index in [0.29, 0.717) is 30.6 Å². The van der Waals surface area contributed by atoms with Crippen molar-refractivity contribution in [3.8, 4) is 17.5 Å². The molecule has 0 aliphatic heterocycles. The highest BCUT2D eigenvalue weighted by atomic mass is 79.9. The van der Waals surface area contributed by atoms with Gasteiger partial charge in [-0.2, -0.15) is 9.50 Å². The molecule has 0 amide bonds. The molecule has 4 aromatic rings. The predicted molar refractivity (Wildman–Crippen MR) is 139 cm³/mol. The van der Waals surface area contributed by atoms with Crippen LogP contribution in [-0.4, -0.2) is 39.9 Å². The minimum absolute atomic E-state index is 0.00391. The van der Waals surface area contributed by atoms with Gasteiger partial charge in [0.05, 0.1) is 26.5 Å². The maximum atomic E-state index is 6.09. The molecule has 0 saturated heterocycles. The van der Waals surface area contributed by atoms with Gasteiger partial charge in [0, 0.05) is 13.1 Å².